The number of benzene rings is 2. The van der Waals surface area contributed by atoms with Crippen molar-refractivity contribution in [2.24, 2.45) is 0 Å². The molecule has 0 radical (unpaired) electrons. The monoisotopic (exact) mass is 608 g/mol. The van der Waals surface area contributed by atoms with Gasteiger partial charge in [0.1, 0.15) is 23.1 Å². The number of halogens is 2. The molecule has 2 aromatic carbocycles. The third kappa shape index (κ3) is 7.53. The van der Waals surface area contributed by atoms with E-state index in [0.29, 0.717) is 41.4 Å². The van der Waals surface area contributed by atoms with Crippen LogP contribution >= 0.6 is 23.6 Å². The molecule has 0 atom stereocenters. The van der Waals surface area contributed by atoms with Crippen LogP contribution in [0.5, 0.6) is 11.5 Å². The van der Waals surface area contributed by atoms with E-state index in [9.17, 15) is 9.18 Å². The van der Waals surface area contributed by atoms with Gasteiger partial charge in [0.05, 0.1) is 34.7 Å². The zero-order valence-corrected chi connectivity index (χ0v) is 24.0. The molecule has 0 spiro atoms. The number of carbonyl (C=O) groups excluding carboxylic acids is 1. The lowest BCUT2D eigenvalue weighted by Crippen LogP contribution is -2.35. The van der Waals surface area contributed by atoms with Gasteiger partial charge < -0.3 is 29.8 Å². The molecule has 0 saturated carbocycles. The number of ether oxygens (including phenoxy) is 2. The van der Waals surface area contributed by atoms with E-state index in [1.165, 1.54) is 47.7 Å². The molecule has 0 aliphatic carbocycles. The summed E-state index contributed by atoms with van der Waals surface area (Å²) < 4.78 is 45.8. The Morgan fingerprint density at radius 1 is 1.05 bits per heavy atom. The van der Waals surface area contributed by atoms with Crippen LogP contribution in [0.2, 0.25) is 0 Å². The van der Waals surface area contributed by atoms with Gasteiger partial charge in [-0.15, -0.1) is 11.3 Å². The number of fused-ring (bicyclic) bond motifs is 1. The number of carbonyl (C=O) groups is 1. The number of hydrogen-bond acceptors (Lipinski definition) is 8. The fourth-order valence-electron chi connectivity index (χ4n) is 4.01. The molecule has 3 N–H and O–H groups in total. The first-order valence-corrected chi connectivity index (χ1v) is 14.1. The molecule has 0 bridgehead atoms. The maximum absolute atomic E-state index is 15.0. The summed E-state index contributed by atoms with van der Waals surface area (Å²) in [6.45, 7) is 1.91. The van der Waals surface area contributed by atoms with Crippen LogP contribution in [0.3, 0.4) is 0 Å². The average molecular weight is 609 g/mol. The number of thiocarbonyl (C=S) groups is 1. The highest BCUT2D eigenvalue weighted by molar-refractivity contribution is 7.80. The van der Waals surface area contributed by atoms with Crippen molar-refractivity contribution < 1.29 is 27.5 Å². The molecule has 42 heavy (non-hydrogen) atoms. The first-order chi connectivity index (χ1) is 20.4. The predicted octanol–water partition coefficient (Wildman–Crippen LogP) is 6.42. The highest BCUT2D eigenvalue weighted by atomic mass is 32.1. The Hall–Kier alpha value is -4.23. The predicted molar refractivity (Wildman–Crippen MR) is 162 cm³/mol. The summed E-state index contributed by atoms with van der Waals surface area (Å²) in [4.78, 5) is 17.5. The minimum atomic E-state index is -0.626. The fourth-order valence-corrected chi connectivity index (χ4v) is 5.27. The van der Waals surface area contributed by atoms with Gasteiger partial charge in [0, 0.05) is 37.7 Å². The molecule has 216 valence electrons. The van der Waals surface area contributed by atoms with Crippen LogP contribution in [0.4, 0.5) is 14.5 Å². The molecule has 1 amide bonds. The minimum Gasteiger partial charge on any atom is -0.459 e. The van der Waals surface area contributed by atoms with Crippen molar-refractivity contribution in [1.29, 1.82) is 0 Å². The molecule has 5 rings (SSSR count). The lowest BCUT2D eigenvalue weighted by atomic mass is 10.1. The van der Waals surface area contributed by atoms with E-state index < -0.39 is 5.82 Å². The molecule has 0 aliphatic rings. The smallest absolute Gasteiger partial charge is 0.230 e. The highest BCUT2D eigenvalue weighted by Gasteiger charge is 2.15. The van der Waals surface area contributed by atoms with Crippen molar-refractivity contribution in [1.82, 2.24) is 15.6 Å². The zero-order chi connectivity index (χ0) is 29.5. The summed E-state index contributed by atoms with van der Waals surface area (Å²) in [6, 6.07) is 17.3. The minimum absolute atomic E-state index is 0.00368. The van der Waals surface area contributed by atoms with Crippen molar-refractivity contribution in [2.45, 2.75) is 13.0 Å². The van der Waals surface area contributed by atoms with Crippen molar-refractivity contribution in [3.05, 3.63) is 95.9 Å². The van der Waals surface area contributed by atoms with Gasteiger partial charge in [-0.3, -0.25) is 9.78 Å². The van der Waals surface area contributed by atoms with Crippen molar-refractivity contribution in [2.75, 3.05) is 25.6 Å². The Morgan fingerprint density at radius 2 is 1.88 bits per heavy atom. The topological polar surface area (TPSA) is 97.6 Å². The number of hydrogen-bond donors (Lipinski definition) is 3. The Balaban J connectivity index is 1.22. The largest absolute Gasteiger partial charge is 0.459 e. The Morgan fingerprint density at radius 3 is 2.67 bits per heavy atom. The molecular formula is C30H26F2N4O4S2. The van der Waals surface area contributed by atoms with Gasteiger partial charge in [0.25, 0.3) is 0 Å². The lowest BCUT2D eigenvalue weighted by molar-refractivity contribution is -0.119. The number of thiophene rings is 1. The van der Waals surface area contributed by atoms with E-state index in [1.54, 1.807) is 25.4 Å². The van der Waals surface area contributed by atoms with Gasteiger partial charge in [-0.25, -0.2) is 8.78 Å². The normalized spacial score (nSPS) is 11.0. The maximum Gasteiger partial charge on any atom is 0.230 e. The Kier molecular flexibility index (Phi) is 9.49. The number of aromatic nitrogens is 1. The number of nitrogens with zero attached hydrogens (tertiary/aromatic N) is 1. The van der Waals surface area contributed by atoms with Gasteiger partial charge in [0.2, 0.25) is 5.91 Å². The highest BCUT2D eigenvalue weighted by Crippen LogP contribution is 2.40. The standard InChI is InChI=1S/C30H26F2N4O4S2/c1-38-13-12-33-17-21-7-9-25(39-21)27-16-23-29(42-27)26(10-11-34-23)40-24-8-6-20(15-22(24)32)35-30(41)36-28(37)14-18-2-4-19(31)5-3-18/h2-11,15-16,33H,12-14,17H2,1H3,(H2,35,36,37,41). The number of amides is 1. The second-order valence-corrected chi connectivity index (χ2v) is 10.6. The summed E-state index contributed by atoms with van der Waals surface area (Å²) in [6.07, 6.45) is 1.61. The lowest BCUT2D eigenvalue weighted by Gasteiger charge is -2.12. The molecule has 3 aromatic heterocycles. The average Bonchev–Trinajstić information content (AvgIpc) is 3.61. The number of methoxy groups -OCH3 is 1. The van der Waals surface area contributed by atoms with Gasteiger partial charge in [0.15, 0.2) is 16.7 Å². The second-order valence-electron chi connectivity index (χ2n) is 9.12. The summed E-state index contributed by atoms with van der Waals surface area (Å²) in [5, 5.41) is 8.56. The molecule has 0 saturated heterocycles. The molecule has 3 heterocycles. The third-order valence-corrected chi connectivity index (χ3v) is 7.36. The fraction of sp³-hybridized carbons (Fsp3) is 0.167. The first-order valence-electron chi connectivity index (χ1n) is 12.9. The van der Waals surface area contributed by atoms with Crippen LogP contribution in [0, 0.1) is 11.6 Å². The van der Waals surface area contributed by atoms with E-state index in [2.05, 4.69) is 20.9 Å². The molecule has 5 aromatic rings. The summed E-state index contributed by atoms with van der Waals surface area (Å²) in [5.74, 6) is 0.564. The molecule has 8 nitrogen and oxygen atoms in total. The third-order valence-electron chi connectivity index (χ3n) is 6.00. The van der Waals surface area contributed by atoms with E-state index >= 15 is 4.39 Å². The van der Waals surface area contributed by atoms with E-state index in [0.717, 1.165) is 21.9 Å². The SMILES string of the molecule is COCCNCc1ccc(-c2cc3nccc(Oc4ccc(NC(=S)NC(=O)Cc5ccc(F)cc5)cc4F)c3s2)o1. The van der Waals surface area contributed by atoms with Gasteiger partial charge >= 0.3 is 0 Å². The molecule has 0 fully saturated rings. The molecule has 0 aliphatic heterocycles. The Labute approximate surface area is 249 Å². The first kappa shape index (κ1) is 29.3. The zero-order valence-electron chi connectivity index (χ0n) is 22.4. The van der Waals surface area contributed by atoms with Crippen LogP contribution < -0.4 is 20.7 Å². The molecule has 0 unspecified atom stereocenters. The second kappa shape index (κ2) is 13.6. The van der Waals surface area contributed by atoms with Crippen LogP contribution in [-0.2, 0) is 22.5 Å². The number of furan rings is 1. The van der Waals surface area contributed by atoms with Gasteiger partial charge in [-0.1, -0.05) is 12.1 Å². The molecular weight excluding hydrogens is 582 g/mol. The van der Waals surface area contributed by atoms with Crippen molar-refractivity contribution >= 4 is 50.5 Å². The van der Waals surface area contributed by atoms with Gasteiger partial charge in [-0.2, -0.15) is 0 Å². The van der Waals surface area contributed by atoms with Crippen molar-refractivity contribution in [3.63, 3.8) is 0 Å². The van der Waals surface area contributed by atoms with Crippen molar-refractivity contribution in [3.8, 4) is 22.1 Å². The number of nitrogens with one attached hydrogen (secondary N) is 3. The number of rotatable bonds is 11. The quantitative estimate of drug-likeness (QED) is 0.117. The van der Waals surface area contributed by atoms with Gasteiger partial charge in [-0.05, 0) is 60.2 Å². The summed E-state index contributed by atoms with van der Waals surface area (Å²) in [7, 11) is 1.65. The van der Waals surface area contributed by atoms with Crippen LogP contribution in [0.15, 0.2) is 77.3 Å². The van der Waals surface area contributed by atoms with E-state index in [-0.39, 0.29) is 29.0 Å². The van der Waals surface area contributed by atoms with Crippen LogP contribution in [-0.4, -0.2) is 36.3 Å². The number of anilines is 1. The number of pyridine rings is 1. The maximum atomic E-state index is 15.0. The summed E-state index contributed by atoms with van der Waals surface area (Å²) >= 11 is 6.61. The molecule has 12 heteroatoms. The van der Waals surface area contributed by atoms with Crippen LogP contribution in [0.25, 0.3) is 20.9 Å². The van der Waals surface area contributed by atoms with E-state index in [4.69, 9.17) is 26.1 Å². The van der Waals surface area contributed by atoms with E-state index in [1.807, 2.05) is 18.2 Å². The summed E-state index contributed by atoms with van der Waals surface area (Å²) in [5.41, 5.74) is 1.66. The van der Waals surface area contributed by atoms with Crippen LogP contribution in [0.1, 0.15) is 11.3 Å². The Bertz CT molecular complexity index is 1710.